The quantitative estimate of drug-likeness (QED) is 0.917. The van der Waals surface area contributed by atoms with Crippen LogP contribution in [0.1, 0.15) is 17.8 Å². The van der Waals surface area contributed by atoms with Gasteiger partial charge in [0.1, 0.15) is 5.01 Å². The molecule has 0 radical (unpaired) electrons. The van der Waals surface area contributed by atoms with Crippen LogP contribution in [0.3, 0.4) is 0 Å². The predicted octanol–water partition coefficient (Wildman–Crippen LogP) is 2.39. The highest BCUT2D eigenvalue weighted by Gasteiger charge is 2.44. The molecule has 0 amide bonds. The average Bonchev–Trinajstić information content (AvgIpc) is 3.14. The highest BCUT2D eigenvalue weighted by Crippen LogP contribution is 2.39. The van der Waals surface area contributed by atoms with Gasteiger partial charge in [0.15, 0.2) is 0 Å². The summed E-state index contributed by atoms with van der Waals surface area (Å²) in [6.07, 6.45) is -0.134. The van der Waals surface area contributed by atoms with Crippen molar-refractivity contribution in [2.75, 3.05) is 13.7 Å². The Morgan fingerprint density at radius 3 is 2.64 bits per heavy atom. The average molecular weight is 338 g/mol. The monoisotopic (exact) mass is 338 g/mol. The van der Waals surface area contributed by atoms with Crippen LogP contribution < -0.4 is 0 Å². The molecule has 0 aromatic carbocycles. The minimum absolute atomic E-state index is 0.516. The van der Waals surface area contributed by atoms with Crippen molar-refractivity contribution in [2.24, 2.45) is 5.92 Å². The first-order chi connectivity index (χ1) is 10.3. The van der Waals surface area contributed by atoms with Gasteiger partial charge in [0, 0.05) is 31.3 Å². The van der Waals surface area contributed by atoms with E-state index in [0.717, 1.165) is 18.5 Å². The van der Waals surface area contributed by atoms with E-state index in [0.29, 0.717) is 6.10 Å². The lowest BCUT2D eigenvalue weighted by molar-refractivity contribution is -0.192. The number of rotatable bonds is 3. The van der Waals surface area contributed by atoms with Crippen LogP contribution in [0.15, 0.2) is 11.6 Å². The van der Waals surface area contributed by atoms with Crippen LogP contribution in [0.5, 0.6) is 0 Å². The molecule has 22 heavy (non-hydrogen) atoms. The fraction of sp³-hybridized carbons (Fsp3) is 0.692. The van der Waals surface area contributed by atoms with Crippen molar-refractivity contribution in [3.05, 3.63) is 16.6 Å². The zero-order valence-corrected chi connectivity index (χ0v) is 12.7. The van der Waals surface area contributed by atoms with E-state index in [1.165, 1.54) is 24.4 Å². The van der Waals surface area contributed by atoms with E-state index in [2.05, 4.69) is 15.3 Å². The molecule has 1 aliphatic heterocycles. The van der Waals surface area contributed by atoms with Crippen LogP contribution in [-0.4, -0.2) is 52.9 Å². The highest BCUT2D eigenvalue weighted by molar-refractivity contribution is 7.09. The molecule has 0 spiro atoms. The van der Waals surface area contributed by atoms with E-state index in [-0.39, 0.29) is 0 Å². The fourth-order valence-electron chi connectivity index (χ4n) is 2.99. The number of carboxylic acid groups (broad SMARTS) is 1. The zero-order chi connectivity index (χ0) is 16.3. The Hall–Kier alpha value is -1.19. The first kappa shape index (κ1) is 17.2. The number of alkyl halides is 3. The topological polar surface area (TPSA) is 62.7 Å². The van der Waals surface area contributed by atoms with E-state index >= 15 is 0 Å². The van der Waals surface area contributed by atoms with E-state index < -0.39 is 12.1 Å². The molecule has 1 aromatic rings. The molecule has 5 nitrogen and oxygen atoms in total. The Bertz CT molecular complexity index is 495. The number of likely N-dealkylation sites (tertiary alicyclic amines) is 1. The number of fused-ring (bicyclic) bond motifs is 2. The summed E-state index contributed by atoms with van der Waals surface area (Å²) in [6.45, 7) is 2.23. The number of hydrogen-bond acceptors (Lipinski definition) is 5. The Morgan fingerprint density at radius 2 is 2.23 bits per heavy atom. The molecule has 2 fully saturated rings. The zero-order valence-electron chi connectivity index (χ0n) is 11.9. The second-order valence-electron chi connectivity index (χ2n) is 5.32. The molecule has 3 unspecified atom stereocenters. The first-order valence-electron chi connectivity index (χ1n) is 6.76. The van der Waals surface area contributed by atoms with Gasteiger partial charge in [0.2, 0.25) is 0 Å². The molecule has 1 aliphatic carbocycles. The first-order valence-corrected chi connectivity index (χ1v) is 7.64. The number of methoxy groups -OCH3 is 1. The minimum atomic E-state index is -5.08. The summed E-state index contributed by atoms with van der Waals surface area (Å²) in [5.41, 5.74) is 0. The van der Waals surface area contributed by atoms with E-state index in [9.17, 15) is 13.2 Å². The van der Waals surface area contributed by atoms with Gasteiger partial charge in [0.25, 0.3) is 0 Å². The molecule has 2 aliphatic rings. The summed E-state index contributed by atoms with van der Waals surface area (Å²) in [5.74, 6) is -1.99. The number of aromatic nitrogens is 1. The number of aliphatic carboxylic acids is 1. The Morgan fingerprint density at radius 1 is 1.55 bits per heavy atom. The SMILES string of the molecule is COC1CC2CC1CN2Cc1nccs1.O=C(O)C(F)(F)F. The van der Waals surface area contributed by atoms with E-state index in [1.54, 1.807) is 11.3 Å². The molecule has 3 atom stereocenters. The molecule has 9 heteroatoms. The predicted molar refractivity (Wildman–Crippen MR) is 73.5 cm³/mol. The third-order valence-electron chi connectivity index (χ3n) is 3.96. The maximum atomic E-state index is 10.6. The highest BCUT2D eigenvalue weighted by atomic mass is 32.1. The maximum Gasteiger partial charge on any atom is 0.490 e. The number of hydrogen-bond donors (Lipinski definition) is 1. The Balaban J connectivity index is 0.000000217. The van der Waals surface area contributed by atoms with Crippen molar-refractivity contribution >= 4 is 17.3 Å². The van der Waals surface area contributed by atoms with Crippen LogP contribution in [0.25, 0.3) is 0 Å². The second kappa shape index (κ2) is 6.93. The molecule has 1 saturated carbocycles. The van der Waals surface area contributed by atoms with Crippen molar-refractivity contribution in [1.82, 2.24) is 9.88 Å². The van der Waals surface area contributed by atoms with Gasteiger partial charge >= 0.3 is 12.1 Å². The van der Waals surface area contributed by atoms with Gasteiger partial charge in [-0.25, -0.2) is 9.78 Å². The minimum Gasteiger partial charge on any atom is -0.475 e. The molecule has 1 aromatic heterocycles. The molecule has 2 bridgehead atoms. The van der Waals surface area contributed by atoms with Crippen molar-refractivity contribution in [3.8, 4) is 0 Å². The standard InChI is InChI=1S/C11H16N2OS.C2HF3O2/c1-14-10-5-9-4-8(10)6-13(9)7-11-12-2-3-15-11;3-2(4,5)1(6)7/h2-3,8-10H,4-7H2,1H3;(H,6,7). The van der Waals surface area contributed by atoms with Crippen molar-refractivity contribution < 1.29 is 27.8 Å². The second-order valence-corrected chi connectivity index (χ2v) is 6.30. The van der Waals surface area contributed by atoms with Gasteiger partial charge in [-0.15, -0.1) is 11.3 Å². The number of carbonyl (C=O) groups is 1. The number of carboxylic acids is 1. The van der Waals surface area contributed by atoms with Crippen LogP contribution in [0, 0.1) is 5.92 Å². The van der Waals surface area contributed by atoms with Gasteiger partial charge in [0.05, 0.1) is 12.6 Å². The van der Waals surface area contributed by atoms with E-state index in [4.69, 9.17) is 14.6 Å². The van der Waals surface area contributed by atoms with Crippen molar-refractivity contribution in [2.45, 2.75) is 37.7 Å². The lowest BCUT2D eigenvalue weighted by Crippen LogP contribution is -2.37. The molecule has 2 heterocycles. The number of piperidine rings is 1. The molecule has 1 saturated heterocycles. The Kier molecular flexibility index (Phi) is 5.41. The molecular formula is C13H17F3N2O3S. The summed E-state index contributed by atoms with van der Waals surface area (Å²) in [7, 11) is 1.84. The van der Waals surface area contributed by atoms with Crippen LogP contribution >= 0.6 is 11.3 Å². The van der Waals surface area contributed by atoms with Crippen molar-refractivity contribution in [1.29, 1.82) is 0 Å². The number of nitrogens with zero attached hydrogens (tertiary/aromatic N) is 2. The van der Waals surface area contributed by atoms with Crippen LogP contribution in [0.2, 0.25) is 0 Å². The van der Waals surface area contributed by atoms with Gasteiger partial charge in [-0.2, -0.15) is 13.2 Å². The van der Waals surface area contributed by atoms with Crippen molar-refractivity contribution in [3.63, 3.8) is 0 Å². The lowest BCUT2D eigenvalue weighted by Gasteiger charge is -2.29. The summed E-state index contributed by atoms with van der Waals surface area (Å²) < 4.78 is 37.2. The summed E-state index contributed by atoms with van der Waals surface area (Å²) in [5, 5.41) is 10.4. The number of halogens is 3. The van der Waals surface area contributed by atoms with Crippen LogP contribution in [-0.2, 0) is 16.1 Å². The van der Waals surface area contributed by atoms with Gasteiger partial charge in [-0.3, -0.25) is 4.90 Å². The smallest absolute Gasteiger partial charge is 0.475 e. The largest absolute Gasteiger partial charge is 0.490 e. The fourth-order valence-corrected chi connectivity index (χ4v) is 3.63. The number of ether oxygens (including phenoxy) is 1. The third kappa shape index (κ3) is 4.17. The lowest BCUT2D eigenvalue weighted by atomic mass is 10.1. The van der Waals surface area contributed by atoms with Gasteiger partial charge in [-0.05, 0) is 18.8 Å². The summed E-state index contributed by atoms with van der Waals surface area (Å²) >= 11 is 1.76. The van der Waals surface area contributed by atoms with Gasteiger partial charge < -0.3 is 9.84 Å². The van der Waals surface area contributed by atoms with E-state index in [1.807, 2.05) is 13.3 Å². The summed E-state index contributed by atoms with van der Waals surface area (Å²) in [4.78, 5) is 15.8. The Labute approximate surface area is 129 Å². The summed E-state index contributed by atoms with van der Waals surface area (Å²) in [6, 6.07) is 0.740. The molecule has 3 rings (SSSR count). The van der Waals surface area contributed by atoms with Gasteiger partial charge in [-0.1, -0.05) is 0 Å². The normalized spacial score (nSPS) is 27.5. The molecular weight excluding hydrogens is 321 g/mol. The van der Waals surface area contributed by atoms with Crippen LogP contribution in [0.4, 0.5) is 13.2 Å². The maximum absolute atomic E-state index is 10.6. The third-order valence-corrected chi connectivity index (χ3v) is 4.72. The number of thiazole rings is 1. The molecule has 124 valence electrons. The molecule has 1 N–H and O–H groups in total.